The molecule has 160 valence electrons. The molecule has 6 nitrogen and oxygen atoms in total. The van der Waals surface area contributed by atoms with Crippen LogP contribution in [0.5, 0.6) is 11.5 Å². The molecule has 1 aliphatic rings. The van der Waals surface area contributed by atoms with Crippen molar-refractivity contribution < 1.29 is 19.1 Å². The Balaban J connectivity index is 1.48. The fourth-order valence-electron chi connectivity index (χ4n) is 3.63. The second-order valence-electron chi connectivity index (χ2n) is 7.30. The highest BCUT2D eigenvalue weighted by Crippen LogP contribution is 2.28. The van der Waals surface area contributed by atoms with Gasteiger partial charge in [0.15, 0.2) is 11.5 Å². The standard InChI is InChI=1S/C23H27ClN2O4/c1-29-20-9-7-17(15-21(20)30-2)23(28)26-13-11-18(12-14-26)25-22(27)10-8-16-5-3-4-6-19(16)24/h3-7,9,15,18H,8,10-14H2,1-2H3,(H,25,27). The molecule has 1 aliphatic heterocycles. The number of amides is 2. The summed E-state index contributed by atoms with van der Waals surface area (Å²) < 4.78 is 10.5. The number of benzene rings is 2. The summed E-state index contributed by atoms with van der Waals surface area (Å²) in [7, 11) is 3.11. The first-order chi connectivity index (χ1) is 14.5. The molecule has 1 saturated heterocycles. The van der Waals surface area contributed by atoms with Crippen LogP contribution >= 0.6 is 11.6 Å². The smallest absolute Gasteiger partial charge is 0.253 e. The summed E-state index contributed by atoms with van der Waals surface area (Å²) in [6.45, 7) is 1.20. The monoisotopic (exact) mass is 430 g/mol. The van der Waals surface area contributed by atoms with Crippen molar-refractivity contribution in [3.05, 3.63) is 58.6 Å². The zero-order valence-electron chi connectivity index (χ0n) is 17.3. The molecule has 0 radical (unpaired) electrons. The van der Waals surface area contributed by atoms with Gasteiger partial charge in [0.1, 0.15) is 0 Å². The summed E-state index contributed by atoms with van der Waals surface area (Å²) in [5.74, 6) is 1.09. The third-order valence-corrected chi connectivity index (χ3v) is 5.73. The molecular formula is C23H27ClN2O4. The molecule has 1 fully saturated rings. The van der Waals surface area contributed by atoms with Crippen LogP contribution in [0.2, 0.25) is 5.02 Å². The van der Waals surface area contributed by atoms with Gasteiger partial charge in [0.25, 0.3) is 5.91 Å². The number of rotatable bonds is 7. The van der Waals surface area contributed by atoms with Crippen LogP contribution in [0.4, 0.5) is 0 Å². The van der Waals surface area contributed by atoms with E-state index < -0.39 is 0 Å². The van der Waals surface area contributed by atoms with E-state index in [0.717, 1.165) is 18.4 Å². The van der Waals surface area contributed by atoms with Crippen LogP contribution in [0, 0.1) is 0 Å². The average Bonchev–Trinajstić information content (AvgIpc) is 2.78. The van der Waals surface area contributed by atoms with E-state index in [9.17, 15) is 9.59 Å². The van der Waals surface area contributed by atoms with Gasteiger partial charge in [0, 0.05) is 36.1 Å². The van der Waals surface area contributed by atoms with Gasteiger partial charge in [0.05, 0.1) is 14.2 Å². The summed E-state index contributed by atoms with van der Waals surface area (Å²) in [6, 6.07) is 12.8. The van der Waals surface area contributed by atoms with Crippen LogP contribution < -0.4 is 14.8 Å². The second-order valence-corrected chi connectivity index (χ2v) is 7.70. The highest BCUT2D eigenvalue weighted by atomic mass is 35.5. The molecular weight excluding hydrogens is 404 g/mol. The third-order valence-electron chi connectivity index (χ3n) is 5.36. The number of hydrogen-bond donors (Lipinski definition) is 1. The number of likely N-dealkylation sites (tertiary alicyclic amines) is 1. The van der Waals surface area contributed by atoms with Gasteiger partial charge in [-0.3, -0.25) is 9.59 Å². The van der Waals surface area contributed by atoms with E-state index in [1.807, 2.05) is 29.2 Å². The van der Waals surface area contributed by atoms with Crippen molar-refractivity contribution in [1.82, 2.24) is 10.2 Å². The zero-order chi connectivity index (χ0) is 21.5. The summed E-state index contributed by atoms with van der Waals surface area (Å²) in [4.78, 5) is 26.9. The predicted octanol–water partition coefficient (Wildman–Crippen LogP) is 3.71. The quantitative estimate of drug-likeness (QED) is 0.727. The van der Waals surface area contributed by atoms with Gasteiger partial charge in [0.2, 0.25) is 5.91 Å². The van der Waals surface area contributed by atoms with Crippen molar-refractivity contribution in [2.75, 3.05) is 27.3 Å². The Bertz CT molecular complexity index is 895. The van der Waals surface area contributed by atoms with Gasteiger partial charge in [-0.25, -0.2) is 0 Å². The van der Waals surface area contributed by atoms with Crippen LogP contribution in [0.3, 0.4) is 0 Å². The minimum atomic E-state index is -0.0422. The van der Waals surface area contributed by atoms with Crippen molar-refractivity contribution in [1.29, 1.82) is 0 Å². The largest absolute Gasteiger partial charge is 0.493 e. The Morgan fingerprint density at radius 2 is 1.77 bits per heavy atom. The molecule has 0 aromatic heterocycles. The average molecular weight is 431 g/mol. The topological polar surface area (TPSA) is 67.9 Å². The van der Waals surface area contributed by atoms with E-state index in [-0.39, 0.29) is 17.9 Å². The van der Waals surface area contributed by atoms with Crippen LogP contribution in [0.1, 0.15) is 35.2 Å². The van der Waals surface area contributed by atoms with Crippen LogP contribution in [-0.4, -0.2) is 50.1 Å². The first-order valence-corrected chi connectivity index (χ1v) is 10.4. The van der Waals surface area contributed by atoms with Crippen molar-refractivity contribution in [3.63, 3.8) is 0 Å². The normalized spacial score (nSPS) is 14.3. The number of hydrogen-bond acceptors (Lipinski definition) is 4. The lowest BCUT2D eigenvalue weighted by atomic mass is 10.0. The van der Waals surface area contributed by atoms with Crippen molar-refractivity contribution in [2.45, 2.75) is 31.7 Å². The molecule has 0 atom stereocenters. The Morgan fingerprint density at radius 3 is 2.43 bits per heavy atom. The lowest BCUT2D eigenvalue weighted by Crippen LogP contribution is -2.46. The molecule has 30 heavy (non-hydrogen) atoms. The minimum Gasteiger partial charge on any atom is -0.493 e. The van der Waals surface area contributed by atoms with Crippen LogP contribution in [0.25, 0.3) is 0 Å². The minimum absolute atomic E-state index is 0.0135. The Kier molecular flexibility index (Phi) is 7.57. The summed E-state index contributed by atoms with van der Waals surface area (Å²) in [6.07, 6.45) is 2.48. The molecule has 2 amide bonds. The molecule has 0 saturated carbocycles. The first-order valence-electron chi connectivity index (χ1n) is 10.1. The molecule has 1 N–H and O–H groups in total. The molecule has 0 spiro atoms. The number of nitrogens with one attached hydrogen (secondary N) is 1. The number of methoxy groups -OCH3 is 2. The molecule has 2 aromatic carbocycles. The molecule has 7 heteroatoms. The maximum atomic E-state index is 12.8. The number of carbonyl (C=O) groups excluding carboxylic acids is 2. The van der Waals surface area contributed by atoms with E-state index in [1.54, 1.807) is 32.4 Å². The van der Waals surface area contributed by atoms with Crippen molar-refractivity contribution in [2.24, 2.45) is 0 Å². The van der Waals surface area contributed by atoms with Gasteiger partial charge in [-0.05, 0) is 49.1 Å². The lowest BCUT2D eigenvalue weighted by Gasteiger charge is -2.32. The van der Waals surface area contributed by atoms with Crippen molar-refractivity contribution in [3.8, 4) is 11.5 Å². The maximum Gasteiger partial charge on any atom is 0.253 e. The van der Waals surface area contributed by atoms with Crippen molar-refractivity contribution >= 4 is 23.4 Å². The SMILES string of the molecule is COc1ccc(C(=O)N2CCC(NC(=O)CCc3ccccc3Cl)CC2)cc1OC. The molecule has 1 heterocycles. The fraction of sp³-hybridized carbons (Fsp3) is 0.391. The highest BCUT2D eigenvalue weighted by Gasteiger charge is 2.25. The van der Waals surface area contributed by atoms with Gasteiger partial charge >= 0.3 is 0 Å². The zero-order valence-corrected chi connectivity index (χ0v) is 18.1. The van der Waals surface area contributed by atoms with E-state index in [1.165, 1.54) is 0 Å². The van der Waals surface area contributed by atoms with E-state index >= 15 is 0 Å². The number of ether oxygens (including phenoxy) is 2. The second kappa shape index (κ2) is 10.3. The Labute approximate surface area is 182 Å². The van der Waals surface area contributed by atoms with Crippen LogP contribution in [-0.2, 0) is 11.2 Å². The van der Waals surface area contributed by atoms with E-state index in [2.05, 4.69) is 5.32 Å². The Hall–Kier alpha value is -2.73. The highest BCUT2D eigenvalue weighted by molar-refractivity contribution is 6.31. The maximum absolute atomic E-state index is 12.8. The number of nitrogens with zero attached hydrogens (tertiary/aromatic N) is 1. The van der Waals surface area contributed by atoms with Gasteiger partial charge in [-0.1, -0.05) is 29.8 Å². The molecule has 2 aromatic rings. The summed E-state index contributed by atoms with van der Waals surface area (Å²) in [5, 5.41) is 3.77. The fourth-order valence-corrected chi connectivity index (χ4v) is 3.86. The van der Waals surface area contributed by atoms with E-state index in [4.69, 9.17) is 21.1 Å². The third kappa shape index (κ3) is 5.45. The Morgan fingerprint density at radius 1 is 1.07 bits per heavy atom. The van der Waals surface area contributed by atoms with Gasteiger partial charge < -0.3 is 19.7 Å². The van der Waals surface area contributed by atoms with Gasteiger partial charge in [-0.15, -0.1) is 0 Å². The summed E-state index contributed by atoms with van der Waals surface area (Å²) >= 11 is 6.15. The van der Waals surface area contributed by atoms with Gasteiger partial charge in [-0.2, -0.15) is 0 Å². The summed E-state index contributed by atoms with van der Waals surface area (Å²) in [5.41, 5.74) is 1.54. The van der Waals surface area contributed by atoms with Crippen LogP contribution in [0.15, 0.2) is 42.5 Å². The molecule has 0 bridgehead atoms. The molecule has 3 rings (SSSR count). The number of halogens is 1. The van der Waals surface area contributed by atoms with E-state index in [0.29, 0.717) is 48.0 Å². The number of piperidine rings is 1. The molecule has 0 unspecified atom stereocenters. The number of carbonyl (C=O) groups is 2. The molecule has 0 aliphatic carbocycles. The lowest BCUT2D eigenvalue weighted by molar-refractivity contribution is -0.122. The first kappa shape index (κ1) is 22.0. The number of aryl methyl sites for hydroxylation is 1. The predicted molar refractivity (Wildman–Crippen MR) is 116 cm³/mol.